The number of halogens is 1. The standard InChI is InChI=1S/C15H17FN4O/c1-2-20(9-10-4-3-5-12(16)8-10)15(21)14-17-13(18-19-14)11-6-7-11/h3-5,8,11H,2,6-7,9H2,1H3,(H,17,18,19). The van der Waals surface area contributed by atoms with E-state index in [2.05, 4.69) is 15.2 Å². The third kappa shape index (κ3) is 3.09. The second-order valence-electron chi connectivity index (χ2n) is 5.27. The summed E-state index contributed by atoms with van der Waals surface area (Å²) in [5.74, 6) is 0.877. The molecule has 0 bridgehead atoms. The van der Waals surface area contributed by atoms with Crippen LogP contribution in [0.25, 0.3) is 0 Å². The minimum absolute atomic E-state index is 0.190. The van der Waals surface area contributed by atoms with E-state index in [4.69, 9.17) is 0 Å². The van der Waals surface area contributed by atoms with Gasteiger partial charge in [-0.3, -0.25) is 9.89 Å². The van der Waals surface area contributed by atoms with Crippen LogP contribution in [-0.2, 0) is 6.54 Å². The molecule has 1 aromatic carbocycles. The monoisotopic (exact) mass is 288 g/mol. The van der Waals surface area contributed by atoms with E-state index in [1.807, 2.05) is 6.92 Å². The lowest BCUT2D eigenvalue weighted by Crippen LogP contribution is -2.31. The van der Waals surface area contributed by atoms with Crippen molar-refractivity contribution in [2.24, 2.45) is 0 Å². The molecule has 5 nitrogen and oxygen atoms in total. The van der Waals surface area contributed by atoms with Crippen LogP contribution in [0.5, 0.6) is 0 Å². The SMILES string of the molecule is CCN(Cc1cccc(F)c1)C(=O)c1n[nH]c(C2CC2)n1. The Labute approximate surface area is 122 Å². The number of benzene rings is 1. The molecule has 21 heavy (non-hydrogen) atoms. The van der Waals surface area contributed by atoms with Gasteiger partial charge in [-0.25, -0.2) is 9.37 Å². The number of carbonyl (C=O) groups is 1. The zero-order chi connectivity index (χ0) is 14.8. The molecule has 1 fully saturated rings. The van der Waals surface area contributed by atoms with Crippen molar-refractivity contribution >= 4 is 5.91 Å². The zero-order valence-corrected chi connectivity index (χ0v) is 11.8. The highest BCUT2D eigenvalue weighted by Gasteiger charge is 2.29. The molecule has 1 amide bonds. The van der Waals surface area contributed by atoms with E-state index in [0.29, 0.717) is 19.0 Å². The van der Waals surface area contributed by atoms with Crippen LogP contribution in [0.2, 0.25) is 0 Å². The molecule has 2 aromatic rings. The number of hydrogen-bond acceptors (Lipinski definition) is 3. The van der Waals surface area contributed by atoms with Crippen molar-refractivity contribution in [2.75, 3.05) is 6.54 Å². The molecule has 0 radical (unpaired) electrons. The molecular weight excluding hydrogens is 271 g/mol. The second-order valence-corrected chi connectivity index (χ2v) is 5.27. The fourth-order valence-electron chi connectivity index (χ4n) is 2.23. The molecule has 1 heterocycles. The summed E-state index contributed by atoms with van der Waals surface area (Å²) in [5.41, 5.74) is 0.753. The summed E-state index contributed by atoms with van der Waals surface area (Å²) in [7, 11) is 0. The number of nitrogens with zero attached hydrogens (tertiary/aromatic N) is 3. The molecule has 0 spiro atoms. The Hall–Kier alpha value is -2.24. The maximum Gasteiger partial charge on any atom is 0.293 e. The number of aromatic nitrogens is 3. The van der Waals surface area contributed by atoms with Gasteiger partial charge in [0.1, 0.15) is 11.6 Å². The quantitative estimate of drug-likeness (QED) is 0.919. The maximum atomic E-state index is 13.2. The Morgan fingerprint density at radius 2 is 2.29 bits per heavy atom. The molecular formula is C15H17FN4O. The first-order valence-electron chi connectivity index (χ1n) is 7.13. The highest BCUT2D eigenvalue weighted by atomic mass is 19.1. The van der Waals surface area contributed by atoms with E-state index in [-0.39, 0.29) is 17.5 Å². The van der Waals surface area contributed by atoms with Gasteiger partial charge in [-0.1, -0.05) is 12.1 Å². The Bertz CT molecular complexity index is 651. The number of amides is 1. The fraction of sp³-hybridized carbons (Fsp3) is 0.400. The number of nitrogens with one attached hydrogen (secondary N) is 1. The summed E-state index contributed by atoms with van der Waals surface area (Å²) in [6.07, 6.45) is 2.20. The van der Waals surface area contributed by atoms with Crippen LogP contribution in [0, 0.1) is 5.82 Å². The summed E-state index contributed by atoms with van der Waals surface area (Å²) in [4.78, 5) is 18.3. The number of carbonyl (C=O) groups excluding carboxylic acids is 1. The average molecular weight is 288 g/mol. The van der Waals surface area contributed by atoms with Gasteiger partial charge in [0, 0.05) is 19.0 Å². The van der Waals surface area contributed by atoms with Crippen molar-refractivity contribution in [1.29, 1.82) is 0 Å². The predicted molar refractivity (Wildman–Crippen MR) is 75.2 cm³/mol. The van der Waals surface area contributed by atoms with Crippen molar-refractivity contribution < 1.29 is 9.18 Å². The van der Waals surface area contributed by atoms with Gasteiger partial charge in [-0.15, -0.1) is 5.10 Å². The largest absolute Gasteiger partial charge is 0.332 e. The summed E-state index contributed by atoms with van der Waals surface area (Å²) in [6, 6.07) is 6.26. The summed E-state index contributed by atoms with van der Waals surface area (Å²) in [5, 5.41) is 6.84. The molecule has 1 saturated carbocycles. The van der Waals surface area contributed by atoms with Crippen molar-refractivity contribution in [2.45, 2.75) is 32.2 Å². The minimum Gasteiger partial charge on any atom is -0.332 e. The highest BCUT2D eigenvalue weighted by Crippen LogP contribution is 2.37. The third-order valence-corrected chi connectivity index (χ3v) is 3.59. The van der Waals surface area contributed by atoms with Crippen molar-refractivity contribution in [3.8, 4) is 0 Å². The van der Waals surface area contributed by atoms with Crippen molar-refractivity contribution in [3.05, 3.63) is 47.3 Å². The molecule has 6 heteroatoms. The summed E-state index contributed by atoms with van der Waals surface area (Å²) in [6.45, 7) is 2.74. The molecule has 0 unspecified atom stereocenters. The van der Waals surface area contributed by atoms with Crippen molar-refractivity contribution in [3.63, 3.8) is 0 Å². The third-order valence-electron chi connectivity index (χ3n) is 3.59. The van der Waals surface area contributed by atoms with Gasteiger partial charge >= 0.3 is 0 Å². The molecule has 0 aliphatic heterocycles. The molecule has 1 aliphatic rings. The van der Waals surface area contributed by atoms with E-state index < -0.39 is 0 Å². The number of H-pyrrole nitrogens is 1. The minimum atomic E-state index is -0.301. The zero-order valence-electron chi connectivity index (χ0n) is 11.8. The lowest BCUT2D eigenvalue weighted by molar-refractivity contribution is 0.0740. The molecule has 1 aromatic heterocycles. The van der Waals surface area contributed by atoms with Crippen LogP contribution in [0.3, 0.4) is 0 Å². The second kappa shape index (κ2) is 5.63. The van der Waals surface area contributed by atoms with Gasteiger partial charge < -0.3 is 4.90 Å². The number of hydrogen-bond donors (Lipinski definition) is 1. The average Bonchev–Trinajstić information content (AvgIpc) is 3.22. The topological polar surface area (TPSA) is 61.9 Å². The smallest absolute Gasteiger partial charge is 0.293 e. The first-order chi connectivity index (χ1) is 10.2. The molecule has 0 saturated heterocycles. The molecule has 1 aliphatic carbocycles. The lowest BCUT2D eigenvalue weighted by Gasteiger charge is -2.19. The Morgan fingerprint density at radius 1 is 1.48 bits per heavy atom. The van der Waals surface area contributed by atoms with Crippen LogP contribution in [0.4, 0.5) is 4.39 Å². The van der Waals surface area contributed by atoms with Gasteiger partial charge in [0.15, 0.2) is 0 Å². The Morgan fingerprint density at radius 3 is 2.95 bits per heavy atom. The highest BCUT2D eigenvalue weighted by molar-refractivity contribution is 5.90. The first kappa shape index (κ1) is 13.7. The summed E-state index contributed by atoms with van der Waals surface area (Å²) < 4.78 is 13.2. The van der Waals surface area contributed by atoms with E-state index in [0.717, 1.165) is 24.2 Å². The van der Waals surface area contributed by atoms with Gasteiger partial charge in [0.25, 0.3) is 5.91 Å². The van der Waals surface area contributed by atoms with Crippen LogP contribution in [-0.4, -0.2) is 32.5 Å². The normalized spacial score (nSPS) is 14.2. The van der Waals surface area contributed by atoms with Gasteiger partial charge in [0.2, 0.25) is 5.82 Å². The van der Waals surface area contributed by atoms with Crippen LogP contribution in [0.1, 0.15) is 47.7 Å². The van der Waals surface area contributed by atoms with Gasteiger partial charge in [-0.2, -0.15) is 0 Å². The summed E-state index contributed by atoms with van der Waals surface area (Å²) >= 11 is 0. The molecule has 0 atom stereocenters. The molecule has 110 valence electrons. The fourth-order valence-corrected chi connectivity index (χ4v) is 2.23. The van der Waals surface area contributed by atoms with Gasteiger partial charge in [-0.05, 0) is 37.5 Å². The lowest BCUT2D eigenvalue weighted by atomic mass is 10.2. The molecule has 1 N–H and O–H groups in total. The Kier molecular flexibility index (Phi) is 3.68. The molecule has 3 rings (SSSR count). The van der Waals surface area contributed by atoms with Gasteiger partial charge in [0.05, 0.1) is 0 Å². The van der Waals surface area contributed by atoms with Crippen molar-refractivity contribution in [1.82, 2.24) is 20.1 Å². The predicted octanol–water partition coefficient (Wildman–Crippen LogP) is 2.48. The number of aromatic amines is 1. The van der Waals surface area contributed by atoms with E-state index in [9.17, 15) is 9.18 Å². The van der Waals surface area contributed by atoms with Crippen LogP contribution < -0.4 is 0 Å². The maximum absolute atomic E-state index is 13.2. The van der Waals surface area contributed by atoms with E-state index in [1.165, 1.54) is 12.1 Å². The van der Waals surface area contributed by atoms with Crippen LogP contribution >= 0.6 is 0 Å². The Balaban J connectivity index is 1.73. The van der Waals surface area contributed by atoms with E-state index in [1.54, 1.807) is 17.0 Å². The number of rotatable bonds is 5. The first-order valence-corrected chi connectivity index (χ1v) is 7.13. The van der Waals surface area contributed by atoms with E-state index >= 15 is 0 Å². The van der Waals surface area contributed by atoms with Crippen LogP contribution in [0.15, 0.2) is 24.3 Å².